The van der Waals surface area contributed by atoms with Crippen molar-refractivity contribution in [2.45, 2.75) is 57.4 Å². The summed E-state index contributed by atoms with van der Waals surface area (Å²) in [5.41, 5.74) is 1.02. The molecule has 1 amide bonds. The Balaban J connectivity index is 1.77. The summed E-state index contributed by atoms with van der Waals surface area (Å²) in [7, 11) is -3.63. The maximum Gasteiger partial charge on any atom is 0.240 e. The lowest BCUT2D eigenvalue weighted by atomic mass is 9.87. The van der Waals surface area contributed by atoms with Crippen molar-refractivity contribution < 1.29 is 13.2 Å². The summed E-state index contributed by atoms with van der Waals surface area (Å²) in [6.45, 7) is 9.44. The summed E-state index contributed by atoms with van der Waals surface area (Å²) in [4.78, 5) is 12.1. The van der Waals surface area contributed by atoms with Gasteiger partial charge in [-0.15, -0.1) is 10.2 Å². The number of nitrogens with one attached hydrogen (secondary N) is 2. The number of sulfonamides is 1. The van der Waals surface area contributed by atoms with Gasteiger partial charge < -0.3 is 9.88 Å². The van der Waals surface area contributed by atoms with Gasteiger partial charge in [-0.05, 0) is 30.0 Å². The molecule has 0 aliphatic heterocycles. The Morgan fingerprint density at radius 1 is 1.14 bits per heavy atom. The quantitative estimate of drug-likeness (QED) is 0.657. The van der Waals surface area contributed by atoms with Crippen LogP contribution in [0.2, 0.25) is 0 Å². The number of nitrogens with zero attached hydrogens (tertiary/aromatic N) is 3. The van der Waals surface area contributed by atoms with Crippen LogP contribution in [0.25, 0.3) is 0 Å². The van der Waals surface area contributed by atoms with E-state index in [2.05, 4.69) is 41.0 Å². The van der Waals surface area contributed by atoms with E-state index >= 15 is 0 Å². The molecular formula is C19H29N5O3S. The number of aromatic nitrogens is 3. The fourth-order valence-corrected chi connectivity index (χ4v) is 3.69. The van der Waals surface area contributed by atoms with Crippen molar-refractivity contribution >= 4 is 15.9 Å². The predicted molar refractivity (Wildman–Crippen MR) is 107 cm³/mol. The number of aryl methyl sites for hydroxylation is 1. The van der Waals surface area contributed by atoms with Crippen molar-refractivity contribution in [3.8, 4) is 0 Å². The van der Waals surface area contributed by atoms with Crippen molar-refractivity contribution in [2.75, 3.05) is 13.1 Å². The van der Waals surface area contributed by atoms with Crippen LogP contribution in [-0.4, -0.2) is 42.2 Å². The van der Waals surface area contributed by atoms with E-state index in [1.165, 1.54) is 0 Å². The summed E-state index contributed by atoms with van der Waals surface area (Å²) in [6.07, 6.45) is 2.30. The second-order valence-electron chi connectivity index (χ2n) is 7.56. The highest BCUT2D eigenvalue weighted by Gasteiger charge is 2.17. The summed E-state index contributed by atoms with van der Waals surface area (Å²) < 4.78 is 29.1. The molecule has 0 unspecified atom stereocenters. The third-order valence-electron chi connectivity index (χ3n) is 4.38. The van der Waals surface area contributed by atoms with Gasteiger partial charge in [0, 0.05) is 32.5 Å². The first-order chi connectivity index (χ1) is 13.1. The molecule has 0 fully saturated rings. The third-order valence-corrected chi connectivity index (χ3v) is 5.86. The number of hydrogen-bond donors (Lipinski definition) is 2. The molecule has 0 bridgehead atoms. The van der Waals surface area contributed by atoms with E-state index in [0.717, 1.165) is 17.9 Å². The average Bonchev–Trinajstić information content (AvgIpc) is 3.08. The van der Waals surface area contributed by atoms with Crippen molar-refractivity contribution in [1.29, 1.82) is 0 Å². The van der Waals surface area contributed by atoms with Crippen LogP contribution in [-0.2, 0) is 33.2 Å². The zero-order chi connectivity index (χ0) is 20.8. The van der Waals surface area contributed by atoms with Crippen LogP contribution in [0.15, 0.2) is 35.5 Å². The van der Waals surface area contributed by atoms with E-state index in [9.17, 15) is 13.2 Å². The standard InChI is InChI=1S/C19H29N5O3S/c1-5-24-14-21-23-17(24)10-12-20-18(25)11-13-22-28(26,27)16-8-6-15(7-9-16)19(2,3)4/h6-9,14,22H,5,10-13H2,1-4H3,(H,20,25). The molecule has 2 aromatic rings. The number of rotatable bonds is 9. The van der Waals surface area contributed by atoms with Crippen LogP contribution in [0, 0.1) is 0 Å². The minimum absolute atomic E-state index is 0.0420. The lowest BCUT2D eigenvalue weighted by Gasteiger charge is -2.19. The normalized spacial score (nSPS) is 12.1. The van der Waals surface area contributed by atoms with E-state index in [-0.39, 0.29) is 29.2 Å². The van der Waals surface area contributed by atoms with Gasteiger partial charge >= 0.3 is 0 Å². The van der Waals surface area contributed by atoms with Crippen LogP contribution in [0.5, 0.6) is 0 Å². The summed E-state index contributed by atoms with van der Waals surface area (Å²) in [5.74, 6) is 0.593. The molecule has 8 nitrogen and oxygen atoms in total. The zero-order valence-electron chi connectivity index (χ0n) is 16.9. The minimum Gasteiger partial charge on any atom is -0.356 e. The minimum atomic E-state index is -3.63. The van der Waals surface area contributed by atoms with Gasteiger partial charge in [-0.1, -0.05) is 32.9 Å². The highest BCUT2D eigenvalue weighted by Crippen LogP contribution is 2.23. The Kier molecular flexibility index (Phi) is 7.31. The van der Waals surface area contributed by atoms with Crippen LogP contribution in [0.3, 0.4) is 0 Å². The summed E-state index contributed by atoms with van der Waals surface area (Å²) in [5, 5.41) is 10.6. The summed E-state index contributed by atoms with van der Waals surface area (Å²) in [6, 6.07) is 6.81. The van der Waals surface area contributed by atoms with Gasteiger partial charge in [0.1, 0.15) is 12.2 Å². The Hall–Kier alpha value is -2.26. The zero-order valence-corrected chi connectivity index (χ0v) is 17.7. The first-order valence-corrected chi connectivity index (χ1v) is 10.9. The maximum atomic E-state index is 12.4. The Labute approximate surface area is 166 Å². The van der Waals surface area contributed by atoms with E-state index in [4.69, 9.17) is 0 Å². The van der Waals surface area contributed by atoms with Crippen molar-refractivity contribution in [3.05, 3.63) is 42.0 Å². The topological polar surface area (TPSA) is 106 Å². The third kappa shape index (κ3) is 6.13. The average molecular weight is 408 g/mol. The van der Waals surface area contributed by atoms with E-state index < -0.39 is 10.0 Å². The Morgan fingerprint density at radius 3 is 2.43 bits per heavy atom. The molecule has 1 aromatic carbocycles. The van der Waals surface area contributed by atoms with Crippen LogP contribution < -0.4 is 10.0 Å². The molecule has 0 aliphatic carbocycles. The molecule has 2 N–H and O–H groups in total. The molecule has 0 spiro atoms. The van der Waals surface area contributed by atoms with Crippen LogP contribution in [0.4, 0.5) is 0 Å². The maximum absolute atomic E-state index is 12.4. The van der Waals surface area contributed by atoms with Gasteiger partial charge in [0.05, 0.1) is 4.90 Å². The summed E-state index contributed by atoms with van der Waals surface area (Å²) >= 11 is 0. The molecular weight excluding hydrogens is 378 g/mol. The van der Waals surface area contributed by atoms with Crippen LogP contribution >= 0.6 is 0 Å². The fraction of sp³-hybridized carbons (Fsp3) is 0.526. The number of hydrogen-bond acceptors (Lipinski definition) is 5. The highest BCUT2D eigenvalue weighted by atomic mass is 32.2. The van der Waals surface area contributed by atoms with Crippen molar-refractivity contribution in [3.63, 3.8) is 0 Å². The van der Waals surface area contributed by atoms with Crippen molar-refractivity contribution in [1.82, 2.24) is 24.8 Å². The second-order valence-corrected chi connectivity index (χ2v) is 9.32. The van der Waals surface area contributed by atoms with Gasteiger partial charge in [0.2, 0.25) is 15.9 Å². The first-order valence-electron chi connectivity index (χ1n) is 9.37. The van der Waals surface area contributed by atoms with Crippen LogP contribution in [0.1, 0.15) is 45.5 Å². The largest absolute Gasteiger partial charge is 0.356 e. The molecule has 28 heavy (non-hydrogen) atoms. The predicted octanol–water partition coefficient (Wildman–Crippen LogP) is 1.62. The van der Waals surface area contributed by atoms with Gasteiger partial charge in [-0.3, -0.25) is 4.79 Å². The smallest absolute Gasteiger partial charge is 0.240 e. The number of carbonyl (C=O) groups excluding carboxylic acids is 1. The van der Waals surface area contributed by atoms with Crippen molar-refractivity contribution in [2.24, 2.45) is 0 Å². The lowest BCUT2D eigenvalue weighted by Crippen LogP contribution is -2.32. The highest BCUT2D eigenvalue weighted by molar-refractivity contribution is 7.89. The van der Waals surface area contributed by atoms with Gasteiger partial charge in [-0.25, -0.2) is 13.1 Å². The SMILES string of the molecule is CCn1cnnc1CCNC(=O)CCNS(=O)(=O)c1ccc(C(C)(C)C)cc1. The number of benzene rings is 1. The molecule has 0 radical (unpaired) electrons. The van der Waals surface area contributed by atoms with E-state index in [0.29, 0.717) is 13.0 Å². The number of carbonyl (C=O) groups is 1. The molecule has 9 heteroatoms. The molecule has 0 saturated carbocycles. The van der Waals surface area contributed by atoms with E-state index in [1.807, 2.05) is 23.6 Å². The monoisotopic (exact) mass is 407 g/mol. The lowest BCUT2D eigenvalue weighted by molar-refractivity contribution is -0.120. The fourth-order valence-electron chi connectivity index (χ4n) is 2.66. The molecule has 0 aliphatic rings. The number of amides is 1. The molecule has 1 aromatic heterocycles. The molecule has 0 saturated heterocycles. The Bertz CT molecular complexity index is 883. The molecule has 1 heterocycles. The van der Waals surface area contributed by atoms with Gasteiger partial charge in [0.15, 0.2) is 0 Å². The van der Waals surface area contributed by atoms with Gasteiger partial charge in [0.25, 0.3) is 0 Å². The molecule has 154 valence electrons. The first kappa shape index (κ1) is 22.0. The molecule has 0 atom stereocenters. The van der Waals surface area contributed by atoms with E-state index in [1.54, 1.807) is 18.5 Å². The Morgan fingerprint density at radius 2 is 1.82 bits per heavy atom. The van der Waals surface area contributed by atoms with Gasteiger partial charge in [-0.2, -0.15) is 0 Å². The molecule has 2 rings (SSSR count). The second kappa shape index (κ2) is 9.29.